The van der Waals surface area contributed by atoms with Crippen molar-refractivity contribution in [2.24, 2.45) is 0 Å². The lowest BCUT2D eigenvalue weighted by Crippen LogP contribution is -2.14. The summed E-state index contributed by atoms with van der Waals surface area (Å²) in [5.74, 6) is -0.626. The lowest BCUT2D eigenvalue weighted by molar-refractivity contribution is 0.102. The molecule has 0 atom stereocenters. The Kier molecular flexibility index (Phi) is 4.99. The van der Waals surface area contributed by atoms with E-state index in [2.05, 4.69) is 27.5 Å². The number of hydrogen-bond acceptors (Lipinski definition) is 4. The van der Waals surface area contributed by atoms with Crippen LogP contribution in [0, 0.1) is 5.82 Å². The van der Waals surface area contributed by atoms with Crippen molar-refractivity contribution in [1.29, 1.82) is 0 Å². The maximum Gasteiger partial charge on any atom is 0.274 e. The number of hydrogen-bond donors (Lipinski definition) is 2. The Balaban J connectivity index is 1.74. The first-order chi connectivity index (χ1) is 12.2. The molecule has 0 aliphatic carbocycles. The third kappa shape index (κ3) is 4.17. The summed E-state index contributed by atoms with van der Waals surface area (Å²) in [5, 5.41) is 5.55. The summed E-state index contributed by atoms with van der Waals surface area (Å²) in [6.45, 7) is 2.07. The third-order valence-electron chi connectivity index (χ3n) is 3.63. The van der Waals surface area contributed by atoms with Crippen molar-refractivity contribution in [3.63, 3.8) is 0 Å². The van der Waals surface area contributed by atoms with Gasteiger partial charge in [-0.05, 0) is 42.3 Å². The Morgan fingerprint density at radius 2 is 1.84 bits per heavy atom. The number of nitrogens with zero attached hydrogens (tertiary/aromatic N) is 2. The Labute approximate surface area is 145 Å². The van der Waals surface area contributed by atoms with Crippen LogP contribution in [0.4, 0.5) is 21.7 Å². The van der Waals surface area contributed by atoms with Gasteiger partial charge >= 0.3 is 0 Å². The van der Waals surface area contributed by atoms with Crippen LogP contribution >= 0.6 is 0 Å². The van der Waals surface area contributed by atoms with Gasteiger partial charge in [-0.15, -0.1) is 0 Å². The van der Waals surface area contributed by atoms with Crippen molar-refractivity contribution < 1.29 is 9.18 Å². The fraction of sp³-hybridized carbons (Fsp3) is 0.105. The highest BCUT2D eigenvalue weighted by atomic mass is 19.1. The predicted octanol–water partition coefficient (Wildman–Crippen LogP) is 4.17. The van der Waals surface area contributed by atoms with Crippen LogP contribution in [-0.2, 0) is 6.42 Å². The van der Waals surface area contributed by atoms with E-state index in [1.54, 1.807) is 18.2 Å². The lowest BCUT2D eigenvalue weighted by atomic mass is 10.1. The van der Waals surface area contributed by atoms with Crippen molar-refractivity contribution in [2.45, 2.75) is 13.3 Å². The molecule has 126 valence electrons. The number of benzene rings is 2. The van der Waals surface area contributed by atoms with Crippen LogP contribution in [0.5, 0.6) is 0 Å². The van der Waals surface area contributed by atoms with Gasteiger partial charge < -0.3 is 10.6 Å². The number of halogens is 1. The maximum atomic E-state index is 13.7. The first kappa shape index (κ1) is 16.6. The molecular formula is C19H17FN4O. The fourth-order valence-corrected chi connectivity index (χ4v) is 2.25. The van der Waals surface area contributed by atoms with Gasteiger partial charge in [-0.25, -0.2) is 14.4 Å². The minimum Gasteiger partial charge on any atom is -0.322 e. The van der Waals surface area contributed by atoms with Crippen molar-refractivity contribution in [1.82, 2.24) is 9.97 Å². The molecule has 1 amide bonds. The van der Waals surface area contributed by atoms with Crippen molar-refractivity contribution in [3.8, 4) is 0 Å². The monoisotopic (exact) mass is 336 g/mol. The Bertz CT molecular complexity index is 881. The number of para-hydroxylation sites is 1. The van der Waals surface area contributed by atoms with Gasteiger partial charge in [0.25, 0.3) is 5.91 Å². The van der Waals surface area contributed by atoms with Crippen molar-refractivity contribution in [2.75, 3.05) is 10.6 Å². The SMILES string of the molecule is CCc1ccc(NC(=O)c2ccnc(Nc3ccccc3F)n2)cc1. The van der Waals surface area contributed by atoms with Crippen LogP contribution < -0.4 is 10.6 Å². The normalized spacial score (nSPS) is 10.3. The molecule has 2 N–H and O–H groups in total. The first-order valence-corrected chi connectivity index (χ1v) is 7.90. The summed E-state index contributed by atoms with van der Waals surface area (Å²) in [6.07, 6.45) is 2.39. The molecule has 25 heavy (non-hydrogen) atoms. The summed E-state index contributed by atoms with van der Waals surface area (Å²) in [4.78, 5) is 20.5. The van der Waals surface area contributed by atoms with Crippen LogP contribution in [0.1, 0.15) is 23.0 Å². The summed E-state index contributed by atoms with van der Waals surface area (Å²) < 4.78 is 13.7. The van der Waals surface area contributed by atoms with E-state index in [-0.39, 0.29) is 23.2 Å². The molecule has 0 spiro atoms. The maximum absolute atomic E-state index is 13.7. The average Bonchev–Trinajstić information content (AvgIpc) is 2.64. The average molecular weight is 336 g/mol. The largest absolute Gasteiger partial charge is 0.322 e. The van der Waals surface area contributed by atoms with Crippen LogP contribution in [0.2, 0.25) is 0 Å². The number of aromatic nitrogens is 2. The van der Waals surface area contributed by atoms with Gasteiger partial charge in [-0.2, -0.15) is 0 Å². The van der Waals surface area contributed by atoms with Gasteiger partial charge in [0, 0.05) is 11.9 Å². The molecule has 0 saturated carbocycles. The zero-order valence-electron chi connectivity index (χ0n) is 13.7. The topological polar surface area (TPSA) is 66.9 Å². The molecule has 6 heteroatoms. The fourth-order valence-electron chi connectivity index (χ4n) is 2.25. The minimum atomic E-state index is -0.419. The third-order valence-corrected chi connectivity index (χ3v) is 3.63. The Morgan fingerprint density at radius 1 is 1.08 bits per heavy atom. The van der Waals surface area contributed by atoms with E-state index in [0.717, 1.165) is 6.42 Å². The number of rotatable bonds is 5. The highest BCUT2D eigenvalue weighted by Gasteiger charge is 2.10. The molecule has 0 aliphatic rings. The second-order valence-electron chi connectivity index (χ2n) is 5.37. The molecular weight excluding hydrogens is 319 g/mol. The zero-order chi connectivity index (χ0) is 17.6. The Morgan fingerprint density at radius 3 is 2.56 bits per heavy atom. The van der Waals surface area contributed by atoms with Crippen LogP contribution in [0.15, 0.2) is 60.8 Å². The molecule has 0 radical (unpaired) electrons. The standard InChI is InChI=1S/C19H17FN4O/c1-2-13-7-9-14(10-8-13)22-18(25)17-11-12-21-19(24-17)23-16-6-4-3-5-15(16)20/h3-12H,2H2,1H3,(H,22,25)(H,21,23,24). The smallest absolute Gasteiger partial charge is 0.274 e. The van der Waals surface area contributed by atoms with Gasteiger partial charge in [0.05, 0.1) is 5.69 Å². The van der Waals surface area contributed by atoms with Crippen LogP contribution in [0.3, 0.4) is 0 Å². The lowest BCUT2D eigenvalue weighted by Gasteiger charge is -2.08. The van der Waals surface area contributed by atoms with Crippen molar-refractivity contribution in [3.05, 3.63) is 77.9 Å². The van der Waals surface area contributed by atoms with E-state index in [1.165, 1.54) is 23.9 Å². The quantitative estimate of drug-likeness (QED) is 0.734. The highest BCUT2D eigenvalue weighted by Crippen LogP contribution is 2.17. The van der Waals surface area contributed by atoms with E-state index < -0.39 is 5.82 Å². The summed E-state index contributed by atoms with van der Waals surface area (Å²) in [6, 6.07) is 15.3. The first-order valence-electron chi connectivity index (χ1n) is 7.90. The molecule has 0 bridgehead atoms. The predicted molar refractivity (Wildman–Crippen MR) is 95.5 cm³/mol. The number of aryl methyl sites for hydroxylation is 1. The molecule has 1 aromatic heterocycles. The van der Waals surface area contributed by atoms with Crippen molar-refractivity contribution >= 4 is 23.2 Å². The molecule has 3 rings (SSSR count). The van der Waals surface area contributed by atoms with Gasteiger partial charge in [-0.3, -0.25) is 4.79 Å². The van der Waals surface area contributed by atoms with Gasteiger partial charge in [0.15, 0.2) is 0 Å². The molecule has 2 aromatic carbocycles. The second-order valence-corrected chi connectivity index (χ2v) is 5.37. The summed E-state index contributed by atoms with van der Waals surface area (Å²) in [7, 11) is 0. The van der Waals surface area contributed by atoms with Gasteiger partial charge in [0.1, 0.15) is 11.5 Å². The number of amides is 1. The molecule has 0 saturated heterocycles. The van der Waals surface area contributed by atoms with Gasteiger partial charge in [-0.1, -0.05) is 31.2 Å². The second kappa shape index (κ2) is 7.53. The molecule has 0 unspecified atom stereocenters. The van der Waals surface area contributed by atoms with Crippen LogP contribution in [0.25, 0.3) is 0 Å². The number of carbonyl (C=O) groups excluding carboxylic acids is 1. The highest BCUT2D eigenvalue weighted by molar-refractivity contribution is 6.03. The number of anilines is 3. The molecule has 5 nitrogen and oxygen atoms in total. The van der Waals surface area contributed by atoms with E-state index in [9.17, 15) is 9.18 Å². The molecule has 0 aliphatic heterocycles. The Hall–Kier alpha value is -3.28. The number of carbonyl (C=O) groups is 1. The number of nitrogens with one attached hydrogen (secondary N) is 2. The van der Waals surface area contributed by atoms with Gasteiger partial charge in [0.2, 0.25) is 5.95 Å². The summed E-state index contributed by atoms with van der Waals surface area (Å²) in [5.41, 5.74) is 2.31. The van der Waals surface area contributed by atoms with Crippen LogP contribution in [-0.4, -0.2) is 15.9 Å². The molecule has 0 fully saturated rings. The van der Waals surface area contributed by atoms with E-state index in [4.69, 9.17) is 0 Å². The van der Waals surface area contributed by atoms with E-state index in [0.29, 0.717) is 5.69 Å². The zero-order valence-corrected chi connectivity index (χ0v) is 13.7. The molecule has 1 heterocycles. The van der Waals surface area contributed by atoms with E-state index >= 15 is 0 Å². The minimum absolute atomic E-state index is 0.152. The van der Waals surface area contributed by atoms with E-state index in [1.807, 2.05) is 24.3 Å². The molecule has 3 aromatic rings. The summed E-state index contributed by atoms with van der Waals surface area (Å²) >= 11 is 0.